The van der Waals surface area contributed by atoms with Crippen molar-refractivity contribution >= 4 is 17.5 Å². The van der Waals surface area contributed by atoms with E-state index in [0.29, 0.717) is 17.5 Å². The fourth-order valence-corrected chi connectivity index (χ4v) is 2.36. The number of benzene rings is 1. The van der Waals surface area contributed by atoms with Crippen molar-refractivity contribution in [3.8, 4) is 0 Å². The summed E-state index contributed by atoms with van der Waals surface area (Å²) in [5.41, 5.74) is 1.00. The van der Waals surface area contributed by atoms with E-state index in [-0.39, 0.29) is 5.91 Å². The molecule has 0 aliphatic carbocycles. The highest BCUT2D eigenvalue weighted by Gasteiger charge is 2.14. The monoisotopic (exact) mass is 266 g/mol. The average molecular weight is 267 g/mol. The van der Waals surface area contributed by atoms with Gasteiger partial charge in [-0.3, -0.25) is 4.79 Å². The van der Waals surface area contributed by atoms with Gasteiger partial charge in [0.25, 0.3) is 0 Å². The first-order chi connectivity index (χ1) is 8.74. The van der Waals surface area contributed by atoms with E-state index in [1.807, 2.05) is 24.3 Å². The van der Waals surface area contributed by atoms with Crippen molar-refractivity contribution in [3.63, 3.8) is 0 Å². The normalized spacial score (nSPS) is 20.2. The minimum atomic E-state index is 0.101. The van der Waals surface area contributed by atoms with Crippen molar-refractivity contribution in [2.45, 2.75) is 31.7 Å². The number of carbonyl (C=O) groups excluding carboxylic acids is 1. The van der Waals surface area contributed by atoms with E-state index in [4.69, 9.17) is 11.6 Å². The average Bonchev–Trinajstić information content (AvgIpc) is 2.61. The van der Waals surface area contributed by atoms with E-state index in [0.717, 1.165) is 37.9 Å². The predicted octanol–water partition coefficient (Wildman–Crippen LogP) is 2.14. The molecule has 1 unspecified atom stereocenters. The summed E-state index contributed by atoms with van der Waals surface area (Å²) in [7, 11) is 0. The Balaban J connectivity index is 1.82. The van der Waals surface area contributed by atoms with E-state index in [2.05, 4.69) is 10.6 Å². The molecule has 1 amide bonds. The molecule has 98 valence electrons. The molecule has 1 aromatic carbocycles. The maximum atomic E-state index is 11.9. The van der Waals surface area contributed by atoms with Gasteiger partial charge < -0.3 is 10.6 Å². The number of rotatable bonds is 3. The Hall–Kier alpha value is -1.06. The number of nitrogens with one attached hydrogen (secondary N) is 2. The van der Waals surface area contributed by atoms with Crippen molar-refractivity contribution in [3.05, 3.63) is 34.9 Å². The van der Waals surface area contributed by atoms with Gasteiger partial charge in [0.05, 0.1) is 6.42 Å². The number of hydrogen-bond donors (Lipinski definition) is 2. The van der Waals surface area contributed by atoms with Crippen LogP contribution >= 0.6 is 11.6 Å². The minimum absolute atomic E-state index is 0.101. The van der Waals surface area contributed by atoms with Crippen LogP contribution in [0.3, 0.4) is 0 Å². The molecule has 0 spiro atoms. The van der Waals surface area contributed by atoms with E-state index in [1.54, 1.807) is 0 Å². The number of amides is 1. The quantitative estimate of drug-likeness (QED) is 0.880. The molecule has 1 fully saturated rings. The zero-order chi connectivity index (χ0) is 12.8. The van der Waals surface area contributed by atoms with Crippen molar-refractivity contribution < 1.29 is 4.79 Å². The molecule has 1 aliphatic heterocycles. The summed E-state index contributed by atoms with van der Waals surface area (Å²) >= 11 is 5.81. The van der Waals surface area contributed by atoms with Crippen LogP contribution < -0.4 is 10.6 Å². The molecule has 1 atom stereocenters. The number of halogens is 1. The van der Waals surface area contributed by atoms with Gasteiger partial charge in [-0.25, -0.2) is 0 Å². The molecule has 2 N–H and O–H groups in total. The minimum Gasteiger partial charge on any atom is -0.353 e. The molecular formula is C14H19ClN2O. The van der Waals surface area contributed by atoms with Crippen LogP contribution in [-0.2, 0) is 11.2 Å². The summed E-state index contributed by atoms with van der Waals surface area (Å²) < 4.78 is 0. The van der Waals surface area contributed by atoms with Gasteiger partial charge in [0.1, 0.15) is 0 Å². The maximum absolute atomic E-state index is 11.9. The fourth-order valence-electron chi connectivity index (χ4n) is 2.23. The third kappa shape index (κ3) is 4.31. The molecule has 0 radical (unpaired) electrons. The van der Waals surface area contributed by atoms with Crippen LogP contribution in [0.5, 0.6) is 0 Å². The molecule has 1 saturated heterocycles. The van der Waals surface area contributed by atoms with Gasteiger partial charge in [0, 0.05) is 11.1 Å². The Morgan fingerprint density at radius 2 is 2.06 bits per heavy atom. The molecule has 18 heavy (non-hydrogen) atoms. The first-order valence-corrected chi connectivity index (χ1v) is 6.86. The van der Waals surface area contributed by atoms with E-state index >= 15 is 0 Å². The number of carbonyl (C=O) groups is 1. The van der Waals surface area contributed by atoms with Crippen LogP contribution in [0.2, 0.25) is 5.02 Å². The smallest absolute Gasteiger partial charge is 0.224 e. The standard InChI is InChI=1S/C14H19ClN2O/c15-12-5-3-11(4-6-12)10-14(18)17-13-2-1-8-16-9-7-13/h3-6,13,16H,1-2,7-10H2,(H,17,18). The van der Waals surface area contributed by atoms with E-state index in [1.165, 1.54) is 0 Å². The van der Waals surface area contributed by atoms with Crippen LogP contribution in [0.15, 0.2) is 24.3 Å². The van der Waals surface area contributed by atoms with Crippen LogP contribution in [0, 0.1) is 0 Å². The zero-order valence-corrected chi connectivity index (χ0v) is 11.2. The molecule has 3 nitrogen and oxygen atoms in total. The summed E-state index contributed by atoms with van der Waals surface area (Å²) in [6.07, 6.45) is 3.65. The highest BCUT2D eigenvalue weighted by Crippen LogP contribution is 2.10. The summed E-state index contributed by atoms with van der Waals surface area (Å²) in [5, 5.41) is 7.15. The second-order valence-electron chi connectivity index (χ2n) is 4.75. The van der Waals surface area contributed by atoms with Gasteiger partial charge in [0.15, 0.2) is 0 Å². The highest BCUT2D eigenvalue weighted by molar-refractivity contribution is 6.30. The summed E-state index contributed by atoms with van der Waals surface area (Å²) in [6, 6.07) is 7.76. The lowest BCUT2D eigenvalue weighted by Gasteiger charge is -2.15. The molecule has 0 saturated carbocycles. The predicted molar refractivity (Wildman–Crippen MR) is 73.8 cm³/mol. The highest BCUT2D eigenvalue weighted by atomic mass is 35.5. The summed E-state index contributed by atoms with van der Waals surface area (Å²) in [4.78, 5) is 11.9. The second-order valence-corrected chi connectivity index (χ2v) is 5.19. The van der Waals surface area contributed by atoms with Gasteiger partial charge in [-0.05, 0) is 50.0 Å². The Morgan fingerprint density at radius 3 is 2.83 bits per heavy atom. The molecule has 1 heterocycles. The van der Waals surface area contributed by atoms with E-state index in [9.17, 15) is 4.79 Å². The van der Waals surface area contributed by atoms with Crippen LogP contribution in [0.1, 0.15) is 24.8 Å². The Labute approximate surface area is 113 Å². The fraction of sp³-hybridized carbons (Fsp3) is 0.500. The molecule has 1 aliphatic rings. The van der Waals surface area contributed by atoms with Crippen molar-refractivity contribution in [1.29, 1.82) is 0 Å². The summed E-state index contributed by atoms with van der Waals surface area (Å²) in [6.45, 7) is 2.05. The van der Waals surface area contributed by atoms with E-state index < -0.39 is 0 Å². The Kier molecular flexibility index (Phi) is 5.02. The first-order valence-electron chi connectivity index (χ1n) is 6.48. The third-order valence-electron chi connectivity index (χ3n) is 3.22. The largest absolute Gasteiger partial charge is 0.353 e. The van der Waals surface area contributed by atoms with Gasteiger partial charge in [-0.2, -0.15) is 0 Å². The number of hydrogen-bond acceptors (Lipinski definition) is 2. The van der Waals surface area contributed by atoms with Crippen LogP contribution in [-0.4, -0.2) is 25.0 Å². The van der Waals surface area contributed by atoms with Crippen molar-refractivity contribution in [1.82, 2.24) is 10.6 Å². The Bertz CT molecular complexity index is 383. The molecule has 4 heteroatoms. The van der Waals surface area contributed by atoms with Crippen molar-refractivity contribution in [2.24, 2.45) is 0 Å². The SMILES string of the molecule is O=C(Cc1ccc(Cl)cc1)NC1CCCNCC1. The van der Waals surface area contributed by atoms with Crippen molar-refractivity contribution in [2.75, 3.05) is 13.1 Å². The second kappa shape index (κ2) is 6.76. The summed E-state index contributed by atoms with van der Waals surface area (Å²) in [5.74, 6) is 0.101. The van der Waals surface area contributed by atoms with Crippen LogP contribution in [0.25, 0.3) is 0 Å². The molecule has 0 aromatic heterocycles. The molecular weight excluding hydrogens is 248 g/mol. The topological polar surface area (TPSA) is 41.1 Å². The molecule has 0 bridgehead atoms. The van der Waals surface area contributed by atoms with Gasteiger partial charge in [-0.1, -0.05) is 23.7 Å². The maximum Gasteiger partial charge on any atom is 0.224 e. The van der Waals surface area contributed by atoms with Gasteiger partial charge in [-0.15, -0.1) is 0 Å². The zero-order valence-electron chi connectivity index (χ0n) is 10.4. The van der Waals surface area contributed by atoms with Gasteiger partial charge in [0.2, 0.25) is 5.91 Å². The molecule has 2 rings (SSSR count). The Morgan fingerprint density at radius 1 is 1.28 bits per heavy atom. The third-order valence-corrected chi connectivity index (χ3v) is 3.47. The lowest BCUT2D eigenvalue weighted by atomic mass is 10.1. The first kappa shape index (κ1) is 13.4. The van der Waals surface area contributed by atoms with Crippen LogP contribution in [0.4, 0.5) is 0 Å². The lowest BCUT2D eigenvalue weighted by Crippen LogP contribution is -2.36. The molecule has 1 aromatic rings. The lowest BCUT2D eigenvalue weighted by molar-refractivity contribution is -0.121. The van der Waals surface area contributed by atoms with Gasteiger partial charge >= 0.3 is 0 Å².